The molecule has 0 heterocycles. The normalized spacial score (nSPS) is 24.1. The molecule has 0 aliphatic heterocycles. The molecule has 18 heavy (non-hydrogen) atoms. The molecule has 6 nitrogen and oxygen atoms in total. The first kappa shape index (κ1) is 15.1. The molecular weight excluding hydrogens is 258 g/mol. The third kappa shape index (κ3) is 4.73. The molecule has 0 aromatic carbocycles. The van der Waals surface area contributed by atoms with Crippen LogP contribution in [0.2, 0.25) is 0 Å². The van der Waals surface area contributed by atoms with Crippen LogP contribution in [0.4, 0.5) is 4.79 Å². The smallest absolute Gasteiger partial charge is 0.449 e. The van der Waals surface area contributed by atoms with Crippen molar-refractivity contribution in [3.63, 3.8) is 0 Å². The zero-order chi connectivity index (χ0) is 13.9. The van der Waals surface area contributed by atoms with Gasteiger partial charge in [0.25, 0.3) is 0 Å². The topological polar surface area (TPSA) is 87.7 Å². The Balaban J connectivity index is 2.33. The highest BCUT2D eigenvalue weighted by Gasteiger charge is 2.54. The van der Waals surface area contributed by atoms with Gasteiger partial charge in [-0.25, -0.2) is 4.79 Å². The lowest BCUT2D eigenvalue weighted by atomic mass is 10.2. The molecule has 104 valence electrons. The molecule has 0 saturated heterocycles. The molecule has 0 radical (unpaired) electrons. The Morgan fingerprint density at radius 3 is 2.56 bits per heavy atom. The Kier molecular flexibility index (Phi) is 4.86. The van der Waals surface area contributed by atoms with Crippen LogP contribution in [-0.2, 0) is 25.6 Å². The van der Waals surface area contributed by atoms with Crippen molar-refractivity contribution in [2.45, 2.75) is 45.0 Å². The highest BCUT2D eigenvalue weighted by atomic mass is 32.2. The SMILES string of the molecule is CCOC(=O)[C@@H]1C[C@@H]1[S+]([O-])NC(=O)OC(C)(C)C. The summed E-state index contributed by atoms with van der Waals surface area (Å²) in [5.74, 6) is -0.734. The first-order valence-electron chi connectivity index (χ1n) is 5.81. The molecule has 7 heteroatoms. The molecule has 1 amide bonds. The highest BCUT2D eigenvalue weighted by molar-refractivity contribution is 7.91. The van der Waals surface area contributed by atoms with Crippen molar-refractivity contribution in [2.75, 3.05) is 6.61 Å². The fourth-order valence-electron chi connectivity index (χ4n) is 1.36. The maximum Gasteiger partial charge on any atom is 0.449 e. The fraction of sp³-hybridized carbons (Fsp3) is 0.818. The number of nitrogens with one attached hydrogen (secondary N) is 1. The summed E-state index contributed by atoms with van der Waals surface area (Å²) in [5, 5.41) is -0.364. The molecule has 0 aromatic rings. The van der Waals surface area contributed by atoms with Crippen LogP contribution in [0.1, 0.15) is 34.1 Å². The third-order valence-electron chi connectivity index (χ3n) is 2.18. The average Bonchev–Trinajstić information content (AvgIpc) is 2.93. The van der Waals surface area contributed by atoms with E-state index in [1.165, 1.54) is 0 Å². The van der Waals surface area contributed by atoms with Gasteiger partial charge in [0.2, 0.25) is 0 Å². The number of carbonyl (C=O) groups is 2. The van der Waals surface area contributed by atoms with Crippen LogP contribution in [0, 0.1) is 5.92 Å². The molecule has 0 bridgehead atoms. The number of hydrogen-bond acceptors (Lipinski definition) is 5. The van der Waals surface area contributed by atoms with Gasteiger partial charge in [-0.15, -0.1) is 4.72 Å². The summed E-state index contributed by atoms with van der Waals surface area (Å²) in [5.41, 5.74) is -0.640. The minimum atomic E-state index is -1.61. The Morgan fingerprint density at radius 1 is 1.44 bits per heavy atom. The van der Waals surface area contributed by atoms with Gasteiger partial charge >= 0.3 is 12.1 Å². The minimum absolute atomic E-state index is 0.300. The van der Waals surface area contributed by atoms with Crippen molar-refractivity contribution in [2.24, 2.45) is 5.92 Å². The molecule has 1 fully saturated rings. The second kappa shape index (κ2) is 5.79. The molecule has 1 aliphatic carbocycles. The van der Waals surface area contributed by atoms with Gasteiger partial charge in [0.1, 0.15) is 11.5 Å². The van der Waals surface area contributed by atoms with Gasteiger partial charge < -0.3 is 14.0 Å². The zero-order valence-corrected chi connectivity index (χ0v) is 11.8. The summed E-state index contributed by atoms with van der Waals surface area (Å²) in [4.78, 5) is 22.7. The maximum atomic E-state index is 11.7. The van der Waals surface area contributed by atoms with E-state index in [4.69, 9.17) is 9.47 Å². The van der Waals surface area contributed by atoms with Crippen LogP contribution in [0.3, 0.4) is 0 Å². The summed E-state index contributed by atoms with van der Waals surface area (Å²) in [7, 11) is 0. The average molecular weight is 277 g/mol. The molecule has 1 rings (SSSR count). The van der Waals surface area contributed by atoms with E-state index in [9.17, 15) is 14.1 Å². The number of esters is 1. The van der Waals surface area contributed by atoms with Gasteiger partial charge in [-0.1, -0.05) is 0 Å². The lowest BCUT2D eigenvalue weighted by Gasteiger charge is -2.20. The number of hydrogen-bond donors (Lipinski definition) is 1. The summed E-state index contributed by atoms with van der Waals surface area (Å²) in [6.07, 6.45) is -0.267. The van der Waals surface area contributed by atoms with Crippen LogP contribution in [0.25, 0.3) is 0 Å². The largest absolute Gasteiger partial charge is 0.593 e. The predicted molar refractivity (Wildman–Crippen MR) is 66.0 cm³/mol. The number of amides is 1. The van der Waals surface area contributed by atoms with E-state index in [1.807, 2.05) is 0 Å². The van der Waals surface area contributed by atoms with E-state index in [-0.39, 0.29) is 17.1 Å². The fourth-order valence-corrected chi connectivity index (χ4v) is 2.51. The molecule has 0 spiro atoms. The second-order valence-corrected chi connectivity index (χ2v) is 6.44. The maximum absolute atomic E-state index is 11.7. The highest BCUT2D eigenvalue weighted by Crippen LogP contribution is 2.37. The first-order chi connectivity index (χ1) is 8.24. The van der Waals surface area contributed by atoms with Crippen LogP contribution >= 0.6 is 0 Å². The third-order valence-corrected chi connectivity index (χ3v) is 3.62. The first-order valence-corrected chi connectivity index (χ1v) is 7.02. The Morgan fingerprint density at radius 2 is 2.06 bits per heavy atom. The van der Waals surface area contributed by atoms with Crippen molar-refractivity contribution >= 4 is 23.4 Å². The van der Waals surface area contributed by atoms with Gasteiger partial charge in [0, 0.05) is 6.42 Å². The van der Waals surface area contributed by atoms with E-state index in [0.717, 1.165) is 0 Å². The van der Waals surface area contributed by atoms with Gasteiger partial charge in [-0.05, 0) is 27.7 Å². The van der Waals surface area contributed by atoms with E-state index < -0.39 is 23.1 Å². The lowest BCUT2D eigenvalue weighted by molar-refractivity contribution is -0.144. The van der Waals surface area contributed by atoms with Crippen LogP contribution in [0.15, 0.2) is 0 Å². The summed E-state index contributed by atoms with van der Waals surface area (Å²) in [6.45, 7) is 7.16. The number of rotatable bonds is 4. The molecule has 0 aromatic heterocycles. The van der Waals surface area contributed by atoms with Crippen LogP contribution in [0.5, 0.6) is 0 Å². The van der Waals surface area contributed by atoms with Crippen molar-refractivity contribution in [3.8, 4) is 0 Å². The summed E-state index contributed by atoms with van der Waals surface area (Å²) >= 11 is -1.61. The van der Waals surface area contributed by atoms with Crippen molar-refractivity contribution < 1.29 is 23.6 Å². The van der Waals surface area contributed by atoms with Gasteiger partial charge in [0.05, 0.1) is 18.0 Å². The second-order valence-electron chi connectivity index (χ2n) is 5.03. The van der Waals surface area contributed by atoms with Crippen molar-refractivity contribution in [1.82, 2.24) is 4.72 Å². The molecule has 1 unspecified atom stereocenters. The van der Waals surface area contributed by atoms with Crippen LogP contribution in [-0.4, -0.2) is 34.1 Å². The van der Waals surface area contributed by atoms with Crippen molar-refractivity contribution in [1.29, 1.82) is 0 Å². The Labute approximate surface area is 110 Å². The predicted octanol–water partition coefficient (Wildman–Crippen LogP) is 1.13. The monoisotopic (exact) mass is 277 g/mol. The van der Waals surface area contributed by atoms with Gasteiger partial charge in [-0.3, -0.25) is 4.79 Å². The molecule has 1 aliphatic rings. The Bertz CT molecular complexity index is 328. The number of carbonyl (C=O) groups excluding carboxylic acids is 2. The van der Waals surface area contributed by atoms with E-state index in [0.29, 0.717) is 13.0 Å². The van der Waals surface area contributed by atoms with Crippen LogP contribution < -0.4 is 4.72 Å². The lowest BCUT2D eigenvalue weighted by Crippen LogP contribution is -2.38. The van der Waals surface area contributed by atoms with Gasteiger partial charge in [0.15, 0.2) is 5.25 Å². The standard InChI is InChI=1S/C11H19NO5S/c1-5-16-9(13)7-6-8(7)18(15)12-10(14)17-11(2,3)4/h7-8H,5-6H2,1-4H3,(H,12,14)/t7-,8+,18?/m1/s1. The van der Waals surface area contributed by atoms with E-state index in [2.05, 4.69) is 4.72 Å². The molecule has 3 atom stereocenters. The van der Waals surface area contributed by atoms with Gasteiger partial charge in [-0.2, -0.15) is 0 Å². The van der Waals surface area contributed by atoms with E-state index in [1.54, 1.807) is 27.7 Å². The number of ether oxygens (including phenoxy) is 2. The summed E-state index contributed by atoms with van der Waals surface area (Å²) < 4.78 is 23.7. The molecule has 1 N–H and O–H groups in total. The molecular formula is C11H19NO5S. The quantitative estimate of drug-likeness (QED) is 0.614. The zero-order valence-electron chi connectivity index (χ0n) is 11.0. The minimum Gasteiger partial charge on any atom is -0.593 e. The summed E-state index contributed by atoms with van der Waals surface area (Å²) in [6, 6.07) is 0. The Hall–Kier alpha value is -0.950. The van der Waals surface area contributed by atoms with E-state index >= 15 is 0 Å². The molecule has 1 saturated carbocycles. The van der Waals surface area contributed by atoms with Crippen molar-refractivity contribution in [3.05, 3.63) is 0 Å².